The normalized spacial score (nSPS) is 9.80. The minimum Gasteiger partial charge on any atom is -0.512 e. The molecule has 0 fully saturated rings. The molecule has 0 spiro atoms. The summed E-state index contributed by atoms with van der Waals surface area (Å²) in [6, 6.07) is 0. The van der Waals surface area contributed by atoms with E-state index in [2.05, 4.69) is 27.8 Å². The molecule has 0 aliphatic heterocycles. The Kier molecular flexibility index (Phi) is 7.99. The van der Waals surface area contributed by atoms with E-state index >= 15 is 0 Å². The second-order valence-electron chi connectivity index (χ2n) is 2.57. The number of hydrogen-bond donors (Lipinski definition) is 0. The largest absolute Gasteiger partial charge is 0.512 e. The molecule has 0 N–H and O–H groups in total. The third kappa shape index (κ3) is 4.34. The summed E-state index contributed by atoms with van der Waals surface area (Å²) in [4.78, 5) is 0. The molecule has 0 aliphatic carbocycles. The molecule has 60 valence electrons. The van der Waals surface area contributed by atoms with Crippen LogP contribution >= 0.6 is 0 Å². The second kappa shape index (κ2) is 6.57. The molecule has 0 bridgehead atoms. The zero-order valence-electron chi connectivity index (χ0n) is 7.52. The summed E-state index contributed by atoms with van der Waals surface area (Å²) in [5, 5.41) is 6.25. The Balaban J connectivity index is 0. The number of quaternary nitrogens is 1. The Morgan fingerprint density at radius 3 is 1.20 bits per heavy atom. The smallest absolute Gasteiger partial charge is 0.0755 e. The lowest BCUT2D eigenvalue weighted by molar-refractivity contribution is -0.904. The molecule has 0 amide bonds. The van der Waals surface area contributed by atoms with E-state index < -0.39 is 0 Å². The van der Waals surface area contributed by atoms with Crippen LogP contribution in [0.25, 0.3) is 0 Å². The summed E-state index contributed by atoms with van der Waals surface area (Å²) in [6.45, 7) is 15.2. The van der Waals surface area contributed by atoms with E-state index in [0.717, 1.165) is 0 Å². The van der Waals surface area contributed by atoms with Gasteiger partial charge < -0.3 is 16.3 Å². The maximum absolute atomic E-state index is 6.25. The van der Waals surface area contributed by atoms with Gasteiger partial charge in [0.2, 0.25) is 0 Å². The van der Waals surface area contributed by atoms with Crippen molar-refractivity contribution < 1.29 is 4.48 Å². The van der Waals surface area contributed by atoms with Crippen molar-refractivity contribution in [3.8, 4) is 0 Å². The Morgan fingerprint density at radius 1 is 1.00 bits per heavy atom. The lowest BCUT2D eigenvalue weighted by Gasteiger charge is -2.30. The van der Waals surface area contributed by atoms with Gasteiger partial charge in [-0.15, -0.1) is 0 Å². The molecule has 0 saturated carbocycles. The molecule has 0 aromatic carbocycles. The number of hydrogen-bond acceptors (Lipinski definition) is 1. The maximum Gasteiger partial charge on any atom is 0.0755 e. The van der Waals surface area contributed by atoms with Crippen molar-refractivity contribution >= 4 is 0 Å². The molecular formula is C8H18N2. The summed E-state index contributed by atoms with van der Waals surface area (Å²) in [6.07, 6.45) is 0. The fourth-order valence-corrected chi connectivity index (χ4v) is 0.671. The van der Waals surface area contributed by atoms with Gasteiger partial charge in [-0.2, -0.15) is 0 Å². The van der Waals surface area contributed by atoms with Crippen molar-refractivity contribution in [2.24, 2.45) is 0 Å². The van der Waals surface area contributed by atoms with Gasteiger partial charge in [-0.3, -0.25) is 0 Å². The average Bonchev–Trinajstić information content (AvgIpc) is 2.07. The highest BCUT2D eigenvalue weighted by Crippen LogP contribution is 1.97. The molecule has 0 rings (SSSR count). The van der Waals surface area contributed by atoms with Crippen LogP contribution in [0.1, 0.15) is 20.8 Å². The molecule has 0 aromatic rings. The minimum atomic E-state index is 1.21. The van der Waals surface area contributed by atoms with Crippen LogP contribution < -0.4 is 0 Å². The molecule has 0 aliphatic rings. The van der Waals surface area contributed by atoms with Crippen molar-refractivity contribution in [1.82, 2.24) is 0 Å². The fourth-order valence-electron chi connectivity index (χ4n) is 0.671. The van der Waals surface area contributed by atoms with Crippen LogP contribution in [-0.4, -0.2) is 31.2 Å². The van der Waals surface area contributed by atoms with Crippen molar-refractivity contribution in [2.75, 3.05) is 26.7 Å². The summed E-state index contributed by atoms with van der Waals surface area (Å²) in [7, 11) is 2.29. The first kappa shape index (κ1) is 12.2. The average molecular weight is 142 g/mol. The first-order valence-corrected chi connectivity index (χ1v) is 3.74. The highest BCUT2D eigenvalue weighted by molar-refractivity contribution is 4.24. The Labute approximate surface area is 64.7 Å². The van der Waals surface area contributed by atoms with Gasteiger partial charge in [0.15, 0.2) is 0 Å². The van der Waals surface area contributed by atoms with Crippen LogP contribution in [0, 0.1) is 11.8 Å². The third-order valence-corrected chi connectivity index (χ3v) is 2.29. The van der Waals surface area contributed by atoms with Gasteiger partial charge in [0, 0.05) is 0 Å². The van der Waals surface area contributed by atoms with Gasteiger partial charge in [-0.1, -0.05) is 0 Å². The van der Waals surface area contributed by atoms with Crippen molar-refractivity contribution in [2.45, 2.75) is 20.8 Å². The zero-order chi connectivity index (χ0) is 8.62. The minimum absolute atomic E-state index is 1.21. The van der Waals surface area contributed by atoms with Crippen molar-refractivity contribution in [3.63, 3.8) is 0 Å². The summed E-state index contributed by atoms with van der Waals surface area (Å²) >= 11 is 0. The Morgan fingerprint density at radius 2 is 1.20 bits per heavy atom. The van der Waals surface area contributed by atoms with E-state index in [1.165, 1.54) is 24.1 Å². The summed E-state index contributed by atoms with van der Waals surface area (Å²) in [5.41, 5.74) is 0. The van der Waals surface area contributed by atoms with Crippen LogP contribution in [0.15, 0.2) is 0 Å². The molecule has 0 radical (unpaired) electrons. The Hall–Kier alpha value is -0.550. The van der Waals surface area contributed by atoms with Crippen LogP contribution in [0.4, 0.5) is 0 Å². The van der Waals surface area contributed by atoms with E-state index in [1.54, 1.807) is 0 Å². The number of nitrogens with zero attached hydrogens (tertiary/aromatic N) is 2. The molecule has 10 heavy (non-hydrogen) atoms. The SMILES string of the molecule is CC[N+](C)(CC)CC.[C-]#N. The van der Waals surface area contributed by atoms with Gasteiger partial charge in [0.1, 0.15) is 0 Å². The van der Waals surface area contributed by atoms with E-state index in [1.807, 2.05) is 0 Å². The van der Waals surface area contributed by atoms with Gasteiger partial charge >= 0.3 is 0 Å². The van der Waals surface area contributed by atoms with Crippen LogP contribution in [0.3, 0.4) is 0 Å². The molecule has 2 heteroatoms. The predicted octanol–water partition coefficient (Wildman–Crippen LogP) is 1.59. The maximum atomic E-state index is 6.25. The first-order chi connectivity index (χ1) is 4.68. The monoisotopic (exact) mass is 142 g/mol. The highest BCUT2D eigenvalue weighted by atomic mass is 15.3. The second-order valence-corrected chi connectivity index (χ2v) is 2.57. The van der Waals surface area contributed by atoms with E-state index in [9.17, 15) is 0 Å². The zero-order valence-corrected chi connectivity index (χ0v) is 7.52. The molecule has 0 saturated heterocycles. The molecule has 0 heterocycles. The molecule has 0 aromatic heterocycles. The summed E-state index contributed by atoms with van der Waals surface area (Å²) < 4.78 is 1.21. The van der Waals surface area contributed by atoms with Crippen LogP contribution in [-0.2, 0) is 0 Å². The Bertz CT molecular complexity index is 74.2. The molecule has 2 nitrogen and oxygen atoms in total. The highest BCUT2D eigenvalue weighted by Gasteiger charge is 2.10. The van der Waals surface area contributed by atoms with E-state index in [0.29, 0.717) is 0 Å². The summed E-state index contributed by atoms with van der Waals surface area (Å²) in [5.74, 6) is 0. The van der Waals surface area contributed by atoms with Gasteiger partial charge in [0.05, 0.1) is 26.7 Å². The lowest BCUT2D eigenvalue weighted by atomic mass is 10.4. The van der Waals surface area contributed by atoms with Crippen LogP contribution in [0.5, 0.6) is 0 Å². The van der Waals surface area contributed by atoms with Crippen molar-refractivity contribution in [1.29, 1.82) is 5.26 Å². The quantitative estimate of drug-likeness (QED) is 0.433. The predicted molar refractivity (Wildman–Crippen MR) is 42.8 cm³/mol. The topological polar surface area (TPSA) is 23.8 Å². The van der Waals surface area contributed by atoms with Gasteiger partial charge in [-0.05, 0) is 20.8 Å². The third-order valence-electron chi connectivity index (χ3n) is 2.29. The molecular weight excluding hydrogens is 124 g/mol. The van der Waals surface area contributed by atoms with E-state index in [-0.39, 0.29) is 0 Å². The molecule has 0 atom stereocenters. The lowest BCUT2D eigenvalue weighted by Crippen LogP contribution is -2.42. The van der Waals surface area contributed by atoms with E-state index in [4.69, 9.17) is 11.8 Å². The molecule has 0 unspecified atom stereocenters. The van der Waals surface area contributed by atoms with Crippen molar-refractivity contribution in [3.05, 3.63) is 6.57 Å². The standard InChI is InChI=1S/C7H18N.CN/c1-5-8(4,6-2)7-3;1-2/h5-7H2,1-4H3;/q+1;-1. The van der Waals surface area contributed by atoms with Crippen LogP contribution in [0.2, 0.25) is 0 Å². The number of rotatable bonds is 3. The fraction of sp³-hybridized carbons (Fsp3) is 0.875. The van der Waals surface area contributed by atoms with Gasteiger partial charge in [0.25, 0.3) is 0 Å². The first-order valence-electron chi connectivity index (χ1n) is 3.74. The van der Waals surface area contributed by atoms with Gasteiger partial charge in [-0.25, -0.2) is 0 Å².